The van der Waals surface area contributed by atoms with Crippen LogP contribution in [0.5, 0.6) is 5.75 Å². The number of nitrogens with zero attached hydrogens (tertiary/aromatic N) is 1. The number of benzene rings is 2. The number of nitrogens with one attached hydrogen (secondary N) is 1. The second kappa shape index (κ2) is 12.5. The third-order valence-corrected chi connectivity index (χ3v) is 5.62. The molecule has 2 rings (SSSR count). The average molecular weight is 489 g/mol. The Hall–Kier alpha value is -2.34. The first-order valence-corrected chi connectivity index (χ1v) is 11.7. The quantitative estimate of drug-likeness (QED) is 0.437. The number of carbonyl (C=O) groups is 2. The van der Waals surface area contributed by atoms with E-state index < -0.39 is 6.04 Å². The van der Waals surface area contributed by atoms with Crippen LogP contribution in [0, 0.1) is 0 Å². The maximum Gasteiger partial charge on any atom is 0.261 e. The Morgan fingerprint density at radius 1 is 1.10 bits per heavy atom. The molecule has 2 aromatic carbocycles. The lowest BCUT2D eigenvalue weighted by Gasteiger charge is -2.29. The number of ether oxygens (including phenoxy) is 1. The van der Waals surface area contributed by atoms with Crippen LogP contribution >= 0.6 is 15.9 Å². The summed E-state index contributed by atoms with van der Waals surface area (Å²) in [4.78, 5) is 27.4. The smallest absolute Gasteiger partial charge is 0.261 e. The summed E-state index contributed by atoms with van der Waals surface area (Å²) in [6.45, 7) is 8.83. The van der Waals surface area contributed by atoms with Gasteiger partial charge >= 0.3 is 0 Å². The van der Waals surface area contributed by atoms with Gasteiger partial charge in [-0.2, -0.15) is 0 Å². The number of carbonyl (C=O) groups excluding carboxylic acids is 2. The number of halogens is 1. The number of unbranched alkanes of at least 4 members (excludes halogenated alkanes) is 1. The lowest BCUT2D eigenvalue weighted by atomic mass is 10.0. The molecule has 0 heterocycles. The molecule has 2 amide bonds. The van der Waals surface area contributed by atoms with Crippen LogP contribution in [0.1, 0.15) is 57.6 Å². The predicted octanol–water partition coefficient (Wildman–Crippen LogP) is 5.28. The van der Waals surface area contributed by atoms with E-state index in [9.17, 15) is 9.59 Å². The Morgan fingerprint density at radius 2 is 1.84 bits per heavy atom. The molecule has 0 fully saturated rings. The Labute approximate surface area is 194 Å². The van der Waals surface area contributed by atoms with Gasteiger partial charge in [0.2, 0.25) is 5.91 Å². The minimum Gasteiger partial charge on any atom is -0.483 e. The first kappa shape index (κ1) is 24.9. The van der Waals surface area contributed by atoms with Crippen molar-refractivity contribution in [1.82, 2.24) is 10.2 Å². The molecule has 0 aliphatic heterocycles. The van der Waals surface area contributed by atoms with Crippen LogP contribution in [0.25, 0.3) is 0 Å². The topological polar surface area (TPSA) is 58.6 Å². The standard InChI is InChI=1S/C25H33BrN2O3/c1-5-6-14-27-25(30)19(4)28(16-20-10-9-11-21(26)15-20)24(29)17-31-23-13-8-7-12-22(23)18(2)3/h7-13,15,18-19H,5-6,14,16-17H2,1-4H3,(H,27,30)/t19-/m1/s1. The highest BCUT2D eigenvalue weighted by Gasteiger charge is 2.26. The van der Waals surface area contributed by atoms with Gasteiger partial charge in [0.1, 0.15) is 11.8 Å². The van der Waals surface area contributed by atoms with Crippen LogP contribution in [0.4, 0.5) is 0 Å². The third-order valence-electron chi connectivity index (χ3n) is 5.13. The molecule has 31 heavy (non-hydrogen) atoms. The largest absolute Gasteiger partial charge is 0.483 e. The third kappa shape index (κ3) is 7.69. The Bertz CT molecular complexity index is 869. The molecule has 0 aromatic heterocycles. The van der Waals surface area contributed by atoms with Crippen molar-refractivity contribution >= 4 is 27.7 Å². The van der Waals surface area contributed by atoms with Gasteiger partial charge in [-0.1, -0.05) is 73.5 Å². The van der Waals surface area contributed by atoms with E-state index >= 15 is 0 Å². The van der Waals surface area contributed by atoms with Gasteiger partial charge in [0, 0.05) is 17.6 Å². The van der Waals surface area contributed by atoms with E-state index in [-0.39, 0.29) is 24.3 Å². The minimum atomic E-state index is -0.604. The van der Waals surface area contributed by atoms with Gasteiger partial charge in [0.05, 0.1) is 0 Å². The van der Waals surface area contributed by atoms with Crippen molar-refractivity contribution in [2.45, 2.75) is 59.0 Å². The molecule has 5 nitrogen and oxygen atoms in total. The summed E-state index contributed by atoms with van der Waals surface area (Å²) in [6.07, 6.45) is 1.91. The van der Waals surface area contributed by atoms with E-state index in [1.807, 2.05) is 48.5 Å². The van der Waals surface area contributed by atoms with Crippen LogP contribution in [0.2, 0.25) is 0 Å². The zero-order chi connectivity index (χ0) is 22.8. The zero-order valence-electron chi connectivity index (χ0n) is 18.9. The van der Waals surface area contributed by atoms with E-state index in [1.54, 1.807) is 11.8 Å². The summed E-state index contributed by atoms with van der Waals surface area (Å²) >= 11 is 3.47. The molecule has 1 atom stereocenters. The molecular weight excluding hydrogens is 456 g/mol. The number of hydrogen-bond donors (Lipinski definition) is 1. The van der Waals surface area contributed by atoms with Gasteiger partial charge < -0.3 is 15.0 Å². The van der Waals surface area contributed by atoms with E-state index in [1.165, 1.54) is 0 Å². The molecule has 1 N–H and O–H groups in total. The Balaban J connectivity index is 2.16. The average Bonchev–Trinajstić information content (AvgIpc) is 2.75. The monoisotopic (exact) mass is 488 g/mol. The second-order valence-electron chi connectivity index (χ2n) is 7.95. The number of hydrogen-bond acceptors (Lipinski definition) is 3. The van der Waals surface area contributed by atoms with E-state index in [2.05, 4.69) is 42.0 Å². The Morgan fingerprint density at radius 3 is 2.52 bits per heavy atom. The van der Waals surface area contributed by atoms with Crippen molar-refractivity contribution in [2.24, 2.45) is 0 Å². The van der Waals surface area contributed by atoms with Crippen LogP contribution in [-0.2, 0) is 16.1 Å². The van der Waals surface area contributed by atoms with Crippen LogP contribution < -0.4 is 10.1 Å². The van der Waals surface area contributed by atoms with Gasteiger partial charge in [0.15, 0.2) is 6.61 Å². The molecule has 0 aliphatic carbocycles. The lowest BCUT2D eigenvalue weighted by molar-refractivity contribution is -0.142. The molecule has 0 saturated heterocycles. The first-order chi connectivity index (χ1) is 14.8. The highest BCUT2D eigenvalue weighted by molar-refractivity contribution is 9.10. The molecule has 0 spiro atoms. The molecule has 0 aliphatic rings. The van der Waals surface area contributed by atoms with Gasteiger partial charge in [-0.05, 0) is 48.6 Å². The number of amides is 2. The molecular formula is C25H33BrN2O3. The summed E-state index contributed by atoms with van der Waals surface area (Å²) in [6, 6.07) is 14.9. The molecule has 0 radical (unpaired) electrons. The van der Waals surface area contributed by atoms with E-state index in [0.717, 1.165) is 28.4 Å². The maximum atomic E-state index is 13.2. The van der Waals surface area contributed by atoms with Crippen LogP contribution in [0.15, 0.2) is 53.0 Å². The predicted molar refractivity (Wildman–Crippen MR) is 128 cm³/mol. The summed E-state index contributed by atoms with van der Waals surface area (Å²) < 4.78 is 6.83. The van der Waals surface area contributed by atoms with Crippen molar-refractivity contribution in [1.29, 1.82) is 0 Å². The molecule has 2 aromatic rings. The number of rotatable bonds is 11. The molecule has 0 saturated carbocycles. The molecule has 0 unspecified atom stereocenters. The van der Waals surface area contributed by atoms with Gasteiger partial charge in [-0.15, -0.1) is 0 Å². The Kier molecular flexibility index (Phi) is 10.0. The van der Waals surface area contributed by atoms with Crippen molar-refractivity contribution in [2.75, 3.05) is 13.2 Å². The van der Waals surface area contributed by atoms with Gasteiger partial charge in [-0.3, -0.25) is 9.59 Å². The highest BCUT2D eigenvalue weighted by atomic mass is 79.9. The summed E-state index contributed by atoms with van der Waals surface area (Å²) in [5, 5.41) is 2.93. The van der Waals surface area contributed by atoms with Crippen molar-refractivity contribution < 1.29 is 14.3 Å². The van der Waals surface area contributed by atoms with Gasteiger partial charge in [0.25, 0.3) is 5.91 Å². The molecule has 168 valence electrons. The molecule has 6 heteroatoms. The van der Waals surface area contributed by atoms with E-state index in [4.69, 9.17) is 4.74 Å². The van der Waals surface area contributed by atoms with Crippen molar-refractivity contribution in [3.8, 4) is 5.75 Å². The van der Waals surface area contributed by atoms with Crippen LogP contribution in [0.3, 0.4) is 0 Å². The fourth-order valence-electron chi connectivity index (χ4n) is 3.26. The SMILES string of the molecule is CCCCNC(=O)[C@@H](C)N(Cc1cccc(Br)c1)C(=O)COc1ccccc1C(C)C. The van der Waals surface area contributed by atoms with Crippen LogP contribution in [-0.4, -0.2) is 35.9 Å². The fourth-order valence-corrected chi connectivity index (χ4v) is 3.71. The first-order valence-electron chi connectivity index (χ1n) is 10.9. The fraction of sp³-hybridized carbons (Fsp3) is 0.440. The number of para-hydroxylation sites is 1. The van der Waals surface area contributed by atoms with E-state index in [0.29, 0.717) is 18.8 Å². The normalized spacial score (nSPS) is 11.8. The molecule has 0 bridgehead atoms. The summed E-state index contributed by atoms with van der Waals surface area (Å²) in [5.41, 5.74) is 2.00. The lowest BCUT2D eigenvalue weighted by Crippen LogP contribution is -2.49. The highest BCUT2D eigenvalue weighted by Crippen LogP contribution is 2.26. The summed E-state index contributed by atoms with van der Waals surface area (Å²) in [7, 11) is 0. The zero-order valence-corrected chi connectivity index (χ0v) is 20.4. The minimum absolute atomic E-state index is 0.121. The maximum absolute atomic E-state index is 13.2. The van der Waals surface area contributed by atoms with Gasteiger partial charge in [-0.25, -0.2) is 0 Å². The van der Waals surface area contributed by atoms with Crippen molar-refractivity contribution in [3.05, 3.63) is 64.1 Å². The second-order valence-corrected chi connectivity index (χ2v) is 8.87. The van der Waals surface area contributed by atoms with Crippen molar-refractivity contribution in [3.63, 3.8) is 0 Å². The summed E-state index contributed by atoms with van der Waals surface area (Å²) in [5.74, 6) is 0.608.